The summed E-state index contributed by atoms with van der Waals surface area (Å²) >= 11 is 1.67. The summed E-state index contributed by atoms with van der Waals surface area (Å²) in [5, 5.41) is 0. The Morgan fingerprint density at radius 2 is 2.00 bits per heavy atom. The molecule has 0 saturated heterocycles. The average Bonchev–Trinajstić information content (AvgIpc) is 2.74. The second-order valence-electron chi connectivity index (χ2n) is 3.63. The Balaban J connectivity index is 2.16. The highest BCUT2D eigenvalue weighted by molar-refractivity contribution is 7.10. The molecule has 0 fully saturated rings. The molecule has 1 aromatic carbocycles. The molecule has 16 heavy (non-hydrogen) atoms. The Kier molecular flexibility index (Phi) is 3.57. The van der Waals surface area contributed by atoms with Crippen LogP contribution in [0.4, 0.5) is 0 Å². The van der Waals surface area contributed by atoms with Gasteiger partial charge in [-0.1, -0.05) is 6.92 Å². The number of rotatable bonds is 4. The van der Waals surface area contributed by atoms with Gasteiger partial charge in [-0.05, 0) is 37.6 Å². The van der Waals surface area contributed by atoms with Gasteiger partial charge in [0.05, 0.1) is 17.8 Å². The zero-order valence-electron chi connectivity index (χ0n) is 9.56. The largest absolute Gasteiger partial charge is 0.494 e. The third-order valence-electron chi connectivity index (χ3n) is 2.35. The molecule has 0 aliphatic heterocycles. The van der Waals surface area contributed by atoms with Gasteiger partial charge in [-0.15, -0.1) is 11.3 Å². The van der Waals surface area contributed by atoms with E-state index < -0.39 is 0 Å². The molecule has 0 aliphatic carbocycles. The van der Waals surface area contributed by atoms with Crippen molar-refractivity contribution in [1.82, 2.24) is 4.98 Å². The highest BCUT2D eigenvalue weighted by Gasteiger charge is 2.04. The fourth-order valence-electron chi connectivity index (χ4n) is 1.51. The van der Waals surface area contributed by atoms with Crippen LogP contribution in [0.3, 0.4) is 0 Å². The van der Waals surface area contributed by atoms with Crippen LogP contribution in [0.15, 0.2) is 29.8 Å². The molecule has 0 spiro atoms. The Bertz CT molecular complexity index is 447. The lowest BCUT2D eigenvalue weighted by molar-refractivity contribution is 0.317. The maximum Gasteiger partial charge on any atom is 0.119 e. The van der Waals surface area contributed by atoms with Crippen molar-refractivity contribution in [3.05, 3.63) is 34.7 Å². The van der Waals surface area contributed by atoms with Crippen LogP contribution in [0.25, 0.3) is 11.3 Å². The molecule has 2 nitrogen and oxygen atoms in total. The van der Waals surface area contributed by atoms with Crippen molar-refractivity contribution in [2.45, 2.75) is 20.3 Å². The number of aryl methyl sites for hydroxylation is 1. The Labute approximate surface area is 99.9 Å². The van der Waals surface area contributed by atoms with E-state index in [0.29, 0.717) is 0 Å². The highest BCUT2D eigenvalue weighted by atomic mass is 32.1. The molecule has 2 rings (SSSR count). The van der Waals surface area contributed by atoms with Gasteiger partial charge in [-0.25, -0.2) is 4.98 Å². The summed E-state index contributed by atoms with van der Waals surface area (Å²) in [6, 6.07) is 8.13. The second kappa shape index (κ2) is 5.12. The summed E-state index contributed by atoms with van der Waals surface area (Å²) in [5.41, 5.74) is 4.11. The lowest BCUT2D eigenvalue weighted by atomic mass is 10.1. The van der Waals surface area contributed by atoms with Gasteiger partial charge in [0.2, 0.25) is 0 Å². The zero-order chi connectivity index (χ0) is 11.4. The maximum absolute atomic E-state index is 5.54. The van der Waals surface area contributed by atoms with Crippen molar-refractivity contribution >= 4 is 11.3 Å². The van der Waals surface area contributed by atoms with E-state index >= 15 is 0 Å². The van der Waals surface area contributed by atoms with E-state index in [-0.39, 0.29) is 0 Å². The third kappa shape index (κ3) is 2.42. The second-order valence-corrected chi connectivity index (χ2v) is 4.69. The van der Waals surface area contributed by atoms with Crippen LogP contribution in [0.2, 0.25) is 0 Å². The van der Waals surface area contributed by atoms with Crippen molar-refractivity contribution in [3.63, 3.8) is 0 Å². The van der Waals surface area contributed by atoms with Crippen molar-refractivity contribution in [2.24, 2.45) is 0 Å². The Hall–Kier alpha value is -1.35. The number of ether oxygens (including phenoxy) is 1. The molecule has 0 aliphatic rings. The fraction of sp³-hybridized carbons (Fsp3) is 0.308. The first kappa shape index (κ1) is 11.1. The highest BCUT2D eigenvalue weighted by Crippen LogP contribution is 2.26. The number of hydrogen-bond acceptors (Lipinski definition) is 3. The minimum atomic E-state index is 0.773. The van der Waals surface area contributed by atoms with Crippen LogP contribution >= 0.6 is 11.3 Å². The van der Waals surface area contributed by atoms with Crippen LogP contribution in [0.1, 0.15) is 18.2 Å². The molecular weight excluding hydrogens is 218 g/mol. The van der Waals surface area contributed by atoms with E-state index in [1.807, 2.05) is 17.6 Å². The molecule has 0 atom stereocenters. The first-order valence-electron chi connectivity index (χ1n) is 5.44. The van der Waals surface area contributed by atoms with Crippen molar-refractivity contribution in [3.8, 4) is 17.0 Å². The predicted octanol–water partition coefficient (Wildman–Crippen LogP) is 3.91. The molecule has 0 saturated carbocycles. The van der Waals surface area contributed by atoms with Crippen molar-refractivity contribution in [2.75, 3.05) is 6.61 Å². The Morgan fingerprint density at radius 1 is 1.25 bits per heavy atom. The van der Waals surface area contributed by atoms with Crippen LogP contribution in [-0.4, -0.2) is 11.6 Å². The van der Waals surface area contributed by atoms with Gasteiger partial charge in [-0.2, -0.15) is 0 Å². The fourth-order valence-corrected chi connectivity index (χ4v) is 2.11. The normalized spacial score (nSPS) is 10.4. The minimum absolute atomic E-state index is 0.773. The Morgan fingerprint density at radius 3 is 2.56 bits per heavy atom. The van der Waals surface area contributed by atoms with Crippen LogP contribution in [0, 0.1) is 6.92 Å². The van der Waals surface area contributed by atoms with Crippen LogP contribution in [-0.2, 0) is 0 Å². The molecule has 3 heteroatoms. The van der Waals surface area contributed by atoms with Gasteiger partial charge in [0.15, 0.2) is 0 Å². The summed E-state index contributed by atoms with van der Waals surface area (Å²) in [4.78, 5) is 5.61. The van der Waals surface area contributed by atoms with Gasteiger partial charge in [0, 0.05) is 10.4 Å². The molecule has 0 radical (unpaired) electrons. The summed E-state index contributed by atoms with van der Waals surface area (Å²) in [6.45, 7) is 4.97. The van der Waals surface area contributed by atoms with E-state index in [9.17, 15) is 0 Å². The van der Waals surface area contributed by atoms with Gasteiger partial charge in [0.1, 0.15) is 5.75 Å². The molecule has 0 N–H and O–H groups in total. The third-order valence-corrected chi connectivity index (χ3v) is 3.10. The van der Waals surface area contributed by atoms with Crippen molar-refractivity contribution < 1.29 is 4.74 Å². The monoisotopic (exact) mass is 233 g/mol. The topological polar surface area (TPSA) is 22.1 Å². The number of nitrogens with zero attached hydrogens (tertiary/aromatic N) is 1. The summed E-state index contributed by atoms with van der Waals surface area (Å²) in [7, 11) is 0. The summed E-state index contributed by atoms with van der Waals surface area (Å²) in [6.07, 6.45) is 1.03. The first-order chi connectivity index (χ1) is 7.81. The number of thiazole rings is 1. The standard InChI is InChI=1S/C13H15NOS/c1-3-8-15-12-6-4-11(5-7-12)13-10(2)16-9-14-13/h4-7,9H,3,8H2,1-2H3. The van der Waals surface area contributed by atoms with Gasteiger partial charge >= 0.3 is 0 Å². The molecule has 0 amide bonds. The molecule has 1 aromatic heterocycles. The quantitative estimate of drug-likeness (QED) is 0.798. The van der Waals surface area contributed by atoms with E-state index in [4.69, 9.17) is 4.74 Å². The SMILES string of the molecule is CCCOc1ccc(-c2ncsc2C)cc1. The van der Waals surface area contributed by atoms with Crippen molar-refractivity contribution in [1.29, 1.82) is 0 Å². The molecule has 0 bridgehead atoms. The van der Waals surface area contributed by atoms with Gasteiger partial charge in [0.25, 0.3) is 0 Å². The lowest BCUT2D eigenvalue weighted by Gasteiger charge is -2.05. The lowest BCUT2D eigenvalue weighted by Crippen LogP contribution is -1.94. The summed E-state index contributed by atoms with van der Waals surface area (Å²) < 4.78 is 5.54. The molecule has 1 heterocycles. The number of hydrogen-bond donors (Lipinski definition) is 0. The first-order valence-corrected chi connectivity index (χ1v) is 6.32. The maximum atomic E-state index is 5.54. The van der Waals surface area contributed by atoms with Gasteiger partial charge < -0.3 is 4.74 Å². The molecule has 0 unspecified atom stereocenters. The molecule has 2 aromatic rings. The summed E-state index contributed by atoms with van der Waals surface area (Å²) in [5.74, 6) is 0.929. The smallest absolute Gasteiger partial charge is 0.119 e. The molecule has 84 valence electrons. The van der Waals surface area contributed by atoms with E-state index in [2.05, 4.69) is 31.0 Å². The average molecular weight is 233 g/mol. The number of aromatic nitrogens is 1. The van der Waals surface area contributed by atoms with E-state index in [1.54, 1.807) is 11.3 Å². The molecular formula is C13H15NOS. The number of benzene rings is 1. The zero-order valence-corrected chi connectivity index (χ0v) is 10.4. The van der Waals surface area contributed by atoms with E-state index in [1.165, 1.54) is 4.88 Å². The minimum Gasteiger partial charge on any atom is -0.494 e. The van der Waals surface area contributed by atoms with Crippen LogP contribution in [0.5, 0.6) is 5.75 Å². The predicted molar refractivity (Wildman–Crippen MR) is 68.1 cm³/mol. The van der Waals surface area contributed by atoms with Gasteiger partial charge in [-0.3, -0.25) is 0 Å². The van der Waals surface area contributed by atoms with Crippen LogP contribution < -0.4 is 4.74 Å². The van der Waals surface area contributed by atoms with E-state index in [0.717, 1.165) is 30.0 Å².